The number of phenolic OH excluding ortho intramolecular Hbond substituents is 2. The quantitative estimate of drug-likeness (QED) is 0.0390. The molecule has 26 heteroatoms. The zero-order valence-electron chi connectivity index (χ0n) is 43.6. The lowest BCUT2D eigenvalue weighted by molar-refractivity contribution is -0.145. The van der Waals surface area contributed by atoms with Crippen LogP contribution in [0.1, 0.15) is 78.9 Å². The first kappa shape index (κ1) is 62.9. The molecule has 2 aromatic carbocycles. The Morgan fingerprint density at radius 1 is 0.618 bits per heavy atom. The van der Waals surface area contributed by atoms with Crippen LogP contribution in [0.25, 0.3) is 0 Å². The third-order valence-corrected chi connectivity index (χ3v) is 12.8. The summed E-state index contributed by atoms with van der Waals surface area (Å²) in [6.45, 7) is 8.56. The van der Waals surface area contributed by atoms with Gasteiger partial charge < -0.3 is 83.8 Å². The van der Waals surface area contributed by atoms with E-state index in [2.05, 4.69) is 42.5 Å². The van der Waals surface area contributed by atoms with Gasteiger partial charge in [-0.2, -0.15) is 0 Å². The second kappa shape index (κ2) is 29.6. The summed E-state index contributed by atoms with van der Waals surface area (Å²) in [5.41, 5.74) is 6.73. The third kappa shape index (κ3) is 18.7. The summed E-state index contributed by atoms with van der Waals surface area (Å²) in [7, 11) is 0. The van der Waals surface area contributed by atoms with Crippen molar-refractivity contribution in [2.45, 2.75) is 147 Å². The molecule has 1 saturated heterocycles. The predicted molar refractivity (Wildman–Crippen MR) is 271 cm³/mol. The molecular weight excluding hydrogens is 997 g/mol. The first-order valence-corrected chi connectivity index (χ1v) is 24.9. The van der Waals surface area contributed by atoms with Gasteiger partial charge in [-0.05, 0) is 80.8 Å². The van der Waals surface area contributed by atoms with E-state index in [4.69, 9.17) is 5.73 Å². The fourth-order valence-electron chi connectivity index (χ4n) is 7.86. The Morgan fingerprint density at radius 2 is 1.12 bits per heavy atom. The van der Waals surface area contributed by atoms with Crippen molar-refractivity contribution < 1.29 is 78.6 Å². The van der Waals surface area contributed by atoms with Crippen LogP contribution in [-0.4, -0.2) is 181 Å². The highest BCUT2D eigenvalue weighted by molar-refractivity contribution is 5.98. The van der Waals surface area contributed by atoms with E-state index in [0.29, 0.717) is 17.5 Å². The molecule has 9 amide bonds. The highest BCUT2D eigenvalue weighted by Crippen LogP contribution is 2.22. The molecule has 0 saturated carbocycles. The van der Waals surface area contributed by atoms with E-state index >= 15 is 0 Å². The van der Waals surface area contributed by atoms with Crippen LogP contribution in [0.3, 0.4) is 0 Å². The van der Waals surface area contributed by atoms with Crippen LogP contribution in [-0.2, 0) is 60.8 Å². The number of carbonyl (C=O) groups excluding carboxylic acids is 9. The maximum atomic E-state index is 14.2. The van der Waals surface area contributed by atoms with E-state index in [1.165, 1.54) is 74.2 Å². The smallest absolute Gasteiger partial charge is 0.325 e. The van der Waals surface area contributed by atoms with E-state index in [0.717, 1.165) is 0 Å². The number of amides is 9. The molecule has 12 atom stereocenters. The number of carboxylic acids is 1. The zero-order valence-corrected chi connectivity index (χ0v) is 43.6. The summed E-state index contributed by atoms with van der Waals surface area (Å²) in [5, 5.41) is 78.9. The Bertz CT molecular complexity index is 2350. The standard InChI is InChI=1S/C50H74N10O16/c1-8-25(4)40(47(72)56-35(23-61)44(69)57-39(24(2)3)49(74)60-19-9-10-36(60)45(70)59-41(28(7)63)48(73)53-26(5)50(75)76)58-43(68)34(21-30-13-17-32(65)18-14-30)54-37(66)22-52-42(67)33(55-46(71)38(51)27(6)62)20-29-11-15-31(64)16-12-29/h11-18,24-28,33-36,38-41,61-65H,8-10,19-23,51H2,1-7H3,(H,52,67)(H,53,73)(H,54,66)(H,55,71)(H,56,72)(H,57,69)(H,58,68)(H,59,70)(H,75,76)/t25-,26-,27+,28+,33-,34-,35-,36-,38-,39-,40-,41-/m0/s1. The van der Waals surface area contributed by atoms with Crippen molar-refractivity contribution in [3.63, 3.8) is 0 Å². The zero-order chi connectivity index (χ0) is 57.1. The molecule has 2 aromatic rings. The van der Waals surface area contributed by atoms with Crippen molar-refractivity contribution in [3.8, 4) is 11.5 Å². The fourth-order valence-corrected chi connectivity index (χ4v) is 7.86. The monoisotopic (exact) mass is 1070 g/mol. The average Bonchev–Trinajstić information content (AvgIpc) is 3.87. The molecular formula is C50H74N10O16. The minimum atomic E-state index is -1.69. The number of aliphatic hydroxyl groups excluding tert-OH is 3. The number of hydrogen-bond acceptors (Lipinski definition) is 16. The van der Waals surface area contributed by atoms with Crippen LogP contribution in [0.4, 0.5) is 0 Å². The molecule has 420 valence electrons. The lowest BCUT2D eigenvalue weighted by Gasteiger charge is -2.32. The molecule has 0 spiro atoms. The summed E-state index contributed by atoms with van der Waals surface area (Å²) in [6, 6.07) is -1.29. The van der Waals surface area contributed by atoms with Crippen molar-refractivity contribution in [2.24, 2.45) is 17.6 Å². The van der Waals surface area contributed by atoms with E-state index in [-0.39, 0.29) is 43.7 Å². The summed E-state index contributed by atoms with van der Waals surface area (Å²) < 4.78 is 0. The molecule has 0 radical (unpaired) electrons. The second-order valence-corrected chi connectivity index (χ2v) is 19.2. The largest absolute Gasteiger partial charge is 0.508 e. The van der Waals surface area contributed by atoms with Crippen molar-refractivity contribution in [1.29, 1.82) is 0 Å². The Hall–Kier alpha value is -7.42. The van der Waals surface area contributed by atoms with Crippen LogP contribution < -0.4 is 48.3 Å². The maximum absolute atomic E-state index is 14.2. The molecule has 3 rings (SSSR count). The number of hydrogen-bond donors (Lipinski definition) is 15. The number of nitrogens with zero attached hydrogens (tertiary/aromatic N) is 1. The normalized spacial score (nSPS) is 17.6. The number of aliphatic carboxylic acids is 1. The number of nitrogens with one attached hydrogen (secondary N) is 8. The van der Waals surface area contributed by atoms with Gasteiger partial charge in [0, 0.05) is 19.4 Å². The maximum Gasteiger partial charge on any atom is 0.325 e. The summed E-state index contributed by atoms with van der Waals surface area (Å²) >= 11 is 0. The average molecular weight is 1070 g/mol. The molecule has 1 fully saturated rings. The Labute approximate surface area is 439 Å². The van der Waals surface area contributed by atoms with Crippen molar-refractivity contribution in [1.82, 2.24) is 47.4 Å². The Balaban J connectivity index is 1.79. The number of aliphatic hydroxyl groups is 3. The third-order valence-electron chi connectivity index (χ3n) is 12.8. The molecule has 76 heavy (non-hydrogen) atoms. The van der Waals surface area contributed by atoms with Gasteiger partial charge >= 0.3 is 5.97 Å². The van der Waals surface area contributed by atoms with E-state index < -0.39 is 151 Å². The van der Waals surface area contributed by atoms with Crippen molar-refractivity contribution in [3.05, 3.63) is 59.7 Å². The number of nitrogens with two attached hydrogens (primary N) is 1. The van der Waals surface area contributed by atoms with Crippen LogP contribution in [0.15, 0.2) is 48.5 Å². The van der Waals surface area contributed by atoms with Gasteiger partial charge in [-0.15, -0.1) is 0 Å². The summed E-state index contributed by atoms with van der Waals surface area (Å²) in [5.74, 6) is -10.7. The Kier molecular flexibility index (Phi) is 24.5. The summed E-state index contributed by atoms with van der Waals surface area (Å²) in [4.78, 5) is 135. The number of aromatic hydroxyl groups is 2. The summed E-state index contributed by atoms with van der Waals surface area (Å²) in [6.07, 6.45) is -2.30. The SMILES string of the molecule is CC[C@H](C)[C@H](NC(=O)[C@H](Cc1ccc(O)cc1)NC(=O)CNC(=O)[C@H](Cc1ccc(O)cc1)NC(=O)[C@@H](N)[C@@H](C)O)C(=O)N[C@@H](CO)C(=O)N[C@H](C(=O)N1CCC[C@H]1C(=O)N[C@H](C(=O)N[C@@H](C)C(=O)O)[C@@H](C)O)C(C)C. The number of phenols is 2. The molecule has 1 aliphatic rings. The van der Waals surface area contributed by atoms with Gasteiger partial charge in [0.15, 0.2) is 0 Å². The highest BCUT2D eigenvalue weighted by atomic mass is 16.4. The fraction of sp³-hybridized carbons (Fsp3) is 0.560. The van der Waals surface area contributed by atoms with Crippen molar-refractivity contribution in [2.75, 3.05) is 19.7 Å². The molecule has 0 unspecified atom stereocenters. The van der Waals surface area contributed by atoms with Gasteiger partial charge in [-0.3, -0.25) is 47.9 Å². The van der Waals surface area contributed by atoms with Gasteiger partial charge in [-0.25, -0.2) is 0 Å². The van der Waals surface area contributed by atoms with Crippen LogP contribution in [0.5, 0.6) is 11.5 Å². The van der Waals surface area contributed by atoms with Crippen LogP contribution in [0.2, 0.25) is 0 Å². The lowest BCUT2D eigenvalue weighted by Crippen LogP contribution is -2.62. The first-order valence-electron chi connectivity index (χ1n) is 24.9. The van der Waals surface area contributed by atoms with Gasteiger partial charge in [-0.1, -0.05) is 58.4 Å². The number of rotatable bonds is 28. The van der Waals surface area contributed by atoms with Gasteiger partial charge in [0.1, 0.15) is 65.9 Å². The lowest BCUT2D eigenvalue weighted by atomic mass is 9.96. The van der Waals surface area contributed by atoms with Crippen LogP contribution in [0, 0.1) is 11.8 Å². The topological polar surface area (TPSA) is 418 Å². The van der Waals surface area contributed by atoms with Crippen molar-refractivity contribution >= 4 is 59.1 Å². The van der Waals surface area contributed by atoms with E-state index in [1.54, 1.807) is 27.7 Å². The minimum Gasteiger partial charge on any atom is -0.508 e. The number of carboxylic acid groups (broad SMARTS) is 1. The van der Waals surface area contributed by atoms with Gasteiger partial charge in [0.2, 0.25) is 53.2 Å². The minimum absolute atomic E-state index is 0.0557. The highest BCUT2D eigenvalue weighted by Gasteiger charge is 2.42. The molecule has 16 N–H and O–H groups in total. The molecule has 0 bridgehead atoms. The molecule has 26 nitrogen and oxygen atoms in total. The molecule has 0 aromatic heterocycles. The van der Waals surface area contributed by atoms with Crippen LogP contribution >= 0.6 is 0 Å². The number of carbonyl (C=O) groups is 10. The second-order valence-electron chi connectivity index (χ2n) is 19.2. The van der Waals surface area contributed by atoms with E-state index in [1.807, 2.05) is 0 Å². The first-order chi connectivity index (χ1) is 35.7. The van der Waals surface area contributed by atoms with Gasteiger partial charge in [0.05, 0.1) is 25.4 Å². The molecule has 1 aliphatic heterocycles. The predicted octanol–water partition coefficient (Wildman–Crippen LogP) is -3.73. The molecule has 1 heterocycles. The van der Waals surface area contributed by atoms with E-state index in [9.17, 15) is 78.6 Å². The van der Waals surface area contributed by atoms with Gasteiger partial charge in [0.25, 0.3) is 0 Å². The number of benzene rings is 2. The Morgan fingerprint density at radius 3 is 1.61 bits per heavy atom. The number of likely N-dealkylation sites (tertiary alicyclic amines) is 1. The molecule has 0 aliphatic carbocycles.